The highest BCUT2D eigenvalue weighted by Crippen LogP contribution is 2.43. The molecule has 3 heterocycles. The number of anilines is 1. The number of nitrogens with one attached hydrogen (secondary N) is 1. The third-order valence-corrected chi connectivity index (χ3v) is 7.10. The maximum atomic E-state index is 15.7. The van der Waals surface area contributed by atoms with E-state index in [0.29, 0.717) is 38.0 Å². The zero-order valence-corrected chi connectivity index (χ0v) is 19.8. The highest BCUT2D eigenvalue weighted by atomic mass is 19.1. The van der Waals surface area contributed by atoms with Crippen LogP contribution in [-0.4, -0.2) is 47.0 Å². The smallest absolute Gasteiger partial charge is 0.136 e. The summed E-state index contributed by atoms with van der Waals surface area (Å²) in [6.45, 7) is 5.91. The largest absolute Gasteiger partial charge is 0.370 e. The molecule has 180 valence electrons. The monoisotopic (exact) mass is 469 g/mol. The highest BCUT2D eigenvalue weighted by molar-refractivity contribution is 5.85. The van der Waals surface area contributed by atoms with Crippen LogP contribution in [0.2, 0.25) is 0 Å². The number of nitrogens with zero attached hydrogens (tertiary/aromatic N) is 2. The van der Waals surface area contributed by atoms with Crippen LogP contribution in [0.4, 0.5) is 18.9 Å². The number of carbonyl (C=O) groups is 1. The summed E-state index contributed by atoms with van der Waals surface area (Å²) in [4.78, 5) is 18.7. The molecule has 1 aromatic heterocycles. The van der Waals surface area contributed by atoms with Gasteiger partial charge in [0.2, 0.25) is 0 Å². The SMILES string of the molecule is CC1Cc2c([nH]c3ccccc23)[C@@H](c2c(F)cc(N3CCC(=O)CC3)cc2F)N1CC(C)(C)F. The number of alkyl halides is 1. The van der Waals surface area contributed by atoms with Crippen molar-refractivity contribution in [2.75, 3.05) is 24.5 Å². The van der Waals surface area contributed by atoms with Gasteiger partial charge in [-0.05, 0) is 51.0 Å². The number of H-pyrrole nitrogens is 1. The number of fused-ring (bicyclic) bond motifs is 3. The maximum absolute atomic E-state index is 15.7. The Kier molecular flexibility index (Phi) is 5.71. The number of hydrogen-bond acceptors (Lipinski definition) is 3. The van der Waals surface area contributed by atoms with Crippen molar-refractivity contribution < 1.29 is 18.0 Å². The standard InChI is InChI=1S/C27H30F3N3O/c1-16-12-20-19-6-4-5-7-23(19)31-25(20)26(33(16)15-27(2,3)30)24-21(28)13-17(14-22(24)29)32-10-8-18(34)9-11-32/h4-7,13-14,16,26,31H,8-12,15H2,1-3H3/t16?,26-/m1/s1. The third kappa shape index (κ3) is 4.11. The number of aromatic nitrogens is 1. The first kappa shape index (κ1) is 23.0. The molecule has 3 aromatic rings. The van der Waals surface area contributed by atoms with E-state index in [-0.39, 0.29) is 23.9 Å². The summed E-state index contributed by atoms with van der Waals surface area (Å²) in [7, 11) is 0. The van der Waals surface area contributed by atoms with E-state index < -0.39 is 23.3 Å². The normalized spacial score (nSPS) is 21.8. The topological polar surface area (TPSA) is 39.3 Å². The van der Waals surface area contributed by atoms with Crippen molar-refractivity contribution >= 4 is 22.4 Å². The predicted octanol–water partition coefficient (Wildman–Crippen LogP) is 5.70. The second-order valence-corrected chi connectivity index (χ2v) is 10.3. The van der Waals surface area contributed by atoms with Gasteiger partial charge in [0.05, 0.1) is 6.04 Å². The molecule has 1 fully saturated rings. The van der Waals surface area contributed by atoms with Crippen molar-refractivity contribution in [3.05, 3.63) is 64.9 Å². The average Bonchev–Trinajstić information content (AvgIpc) is 3.13. The van der Waals surface area contributed by atoms with Gasteiger partial charge in [0.1, 0.15) is 23.1 Å². The summed E-state index contributed by atoms with van der Waals surface area (Å²) >= 11 is 0. The number of para-hydroxylation sites is 1. The van der Waals surface area contributed by atoms with Crippen molar-refractivity contribution in [3.63, 3.8) is 0 Å². The number of rotatable bonds is 4. The van der Waals surface area contributed by atoms with Gasteiger partial charge in [0.15, 0.2) is 0 Å². The van der Waals surface area contributed by atoms with Crippen molar-refractivity contribution in [1.29, 1.82) is 0 Å². The Morgan fingerprint density at radius 1 is 1.09 bits per heavy atom. The predicted molar refractivity (Wildman–Crippen MR) is 128 cm³/mol. The first-order valence-corrected chi connectivity index (χ1v) is 11.9. The van der Waals surface area contributed by atoms with E-state index in [1.807, 2.05) is 41.0 Å². The molecular formula is C27H30F3N3O. The van der Waals surface area contributed by atoms with Crippen molar-refractivity contribution in [3.8, 4) is 0 Å². The Morgan fingerprint density at radius 2 is 1.74 bits per heavy atom. The van der Waals surface area contributed by atoms with Gasteiger partial charge < -0.3 is 9.88 Å². The van der Waals surface area contributed by atoms with E-state index in [4.69, 9.17) is 0 Å². The number of carbonyl (C=O) groups excluding carboxylic acids is 1. The van der Waals surface area contributed by atoms with E-state index in [0.717, 1.165) is 22.2 Å². The van der Waals surface area contributed by atoms with Crippen LogP contribution in [0.25, 0.3) is 10.9 Å². The lowest BCUT2D eigenvalue weighted by Crippen LogP contribution is -2.48. The molecule has 2 aliphatic rings. The molecule has 1 saturated heterocycles. The van der Waals surface area contributed by atoms with Crippen LogP contribution in [-0.2, 0) is 11.2 Å². The molecule has 1 unspecified atom stereocenters. The molecule has 7 heteroatoms. The molecule has 0 amide bonds. The van der Waals surface area contributed by atoms with E-state index in [1.165, 1.54) is 26.0 Å². The molecule has 1 N–H and O–H groups in total. The summed E-state index contributed by atoms with van der Waals surface area (Å²) in [6, 6.07) is 9.65. The van der Waals surface area contributed by atoms with Gasteiger partial charge in [0, 0.05) is 66.4 Å². The van der Waals surface area contributed by atoms with Gasteiger partial charge >= 0.3 is 0 Å². The highest BCUT2D eigenvalue weighted by Gasteiger charge is 2.41. The second-order valence-electron chi connectivity index (χ2n) is 10.3. The van der Waals surface area contributed by atoms with Crippen molar-refractivity contribution in [2.24, 2.45) is 0 Å². The van der Waals surface area contributed by atoms with Crippen molar-refractivity contribution in [1.82, 2.24) is 9.88 Å². The van der Waals surface area contributed by atoms with Gasteiger partial charge in [-0.3, -0.25) is 9.69 Å². The molecule has 5 rings (SSSR count). The van der Waals surface area contributed by atoms with Crippen molar-refractivity contribution in [2.45, 2.75) is 57.8 Å². The number of hydrogen-bond donors (Lipinski definition) is 1. The van der Waals surface area contributed by atoms with Crippen LogP contribution >= 0.6 is 0 Å². The van der Waals surface area contributed by atoms with Gasteiger partial charge in [-0.25, -0.2) is 13.2 Å². The molecule has 0 aliphatic carbocycles. The molecule has 2 aromatic carbocycles. The summed E-state index contributed by atoms with van der Waals surface area (Å²) in [5.41, 5.74) is 1.48. The second kappa shape index (κ2) is 8.45. The summed E-state index contributed by atoms with van der Waals surface area (Å²) in [5.74, 6) is -1.14. The van der Waals surface area contributed by atoms with Gasteiger partial charge in [0.25, 0.3) is 0 Å². The third-order valence-electron chi connectivity index (χ3n) is 7.10. The average molecular weight is 470 g/mol. The molecule has 0 spiro atoms. The number of aromatic amines is 1. The van der Waals surface area contributed by atoms with E-state index >= 15 is 8.78 Å². The van der Waals surface area contributed by atoms with Crippen LogP contribution in [0, 0.1) is 11.6 Å². The first-order chi connectivity index (χ1) is 16.1. The molecular weight excluding hydrogens is 439 g/mol. The van der Waals surface area contributed by atoms with Crippen LogP contribution in [0.5, 0.6) is 0 Å². The Balaban J connectivity index is 1.64. The molecule has 34 heavy (non-hydrogen) atoms. The zero-order valence-electron chi connectivity index (χ0n) is 19.8. The van der Waals surface area contributed by atoms with E-state index in [2.05, 4.69) is 4.98 Å². The van der Waals surface area contributed by atoms with Gasteiger partial charge in [-0.15, -0.1) is 0 Å². The lowest BCUT2D eigenvalue weighted by atomic mass is 9.87. The minimum atomic E-state index is -1.54. The lowest BCUT2D eigenvalue weighted by molar-refractivity contribution is -0.119. The Bertz CT molecular complexity index is 1210. The number of piperidine rings is 1. The molecule has 2 aliphatic heterocycles. The number of halogens is 3. The first-order valence-electron chi connectivity index (χ1n) is 11.9. The molecule has 0 saturated carbocycles. The molecule has 4 nitrogen and oxygen atoms in total. The van der Waals surface area contributed by atoms with E-state index in [9.17, 15) is 9.18 Å². The number of Topliss-reactive ketones (excluding diaryl/α,β-unsaturated/α-hetero) is 1. The minimum Gasteiger partial charge on any atom is -0.370 e. The Hall–Kier alpha value is -2.80. The molecule has 0 radical (unpaired) electrons. The Labute approximate surface area is 197 Å². The maximum Gasteiger partial charge on any atom is 0.136 e. The van der Waals surface area contributed by atoms with Gasteiger partial charge in [-0.2, -0.15) is 0 Å². The molecule has 2 atom stereocenters. The fourth-order valence-corrected chi connectivity index (χ4v) is 5.53. The minimum absolute atomic E-state index is 0.0442. The Morgan fingerprint density at radius 3 is 2.38 bits per heavy atom. The summed E-state index contributed by atoms with van der Waals surface area (Å²) < 4.78 is 46.4. The van der Waals surface area contributed by atoms with Crippen LogP contribution in [0.1, 0.15) is 56.5 Å². The summed E-state index contributed by atoms with van der Waals surface area (Å²) in [5, 5.41) is 1.03. The summed E-state index contributed by atoms with van der Waals surface area (Å²) in [6.07, 6.45) is 1.42. The number of benzene rings is 2. The lowest BCUT2D eigenvalue weighted by Gasteiger charge is -2.43. The van der Waals surface area contributed by atoms with Crippen LogP contribution < -0.4 is 4.90 Å². The fraction of sp³-hybridized carbons (Fsp3) is 0.444. The number of ketones is 1. The van der Waals surface area contributed by atoms with Crippen LogP contribution in [0.3, 0.4) is 0 Å². The zero-order chi connectivity index (χ0) is 24.2. The van der Waals surface area contributed by atoms with Gasteiger partial charge in [-0.1, -0.05) is 18.2 Å². The fourth-order valence-electron chi connectivity index (χ4n) is 5.53. The van der Waals surface area contributed by atoms with E-state index in [1.54, 1.807) is 0 Å². The van der Waals surface area contributed by atoms with Crippen LogP contribution in [0.15, 0.2) is 36.4 Å². The quantitative estimate of drug-likeness (QED) is 0.533. The molecule has 0 bridgehead atoms.